The summed E-state index contributed by atoms with van der Waals surface area (Å²) in [6.07, 6.45) is 3.53. The molecule has 1 aliphatic heterocycles. The zero-order valence-corrected chi connectivity index (χ0v) is 10.1. The average molecular weight is 249 g/mol. The number of piperidine rings is 1. The second-order valence-corrected chi connectivity index (χ2v) is 4.86. The second-order valence-electron chi connectivity index (χ2n) is 4.43. The predicted octanol–water partition coefficient (Wildman–Crippen LogP) is 2.99. The van der Waals surface area contributed by atoms with E-state index in [1.807, 2.05) is 24.4 Å². The molecule has 88 valence electrons. The van der Waals surface area contributed by atoms with Crippen LogP contribution in [0.2, 0.25) is 5.02 Å². The number of carbonyl (C=O) groups excluding carboxylic acids is 1. The van der Waals surface area contributed by atoms with Gasteiger partial charge in [0.05, 0.1) is 6.54 Å². The molecule has 1 aliphatic rings. The summed E-state index contributed by atoms with van der Waals surface area (Å²) in [4.78, 5) is 16.8. The van der Waals surface area contributed by atoms with E-state index in [9.17, 15) is 4.79 Å². The number of ketones is 1. The lowest BCUT2D eigenvalue weighted by Gasteiger charge is -2.28. The van der Waals surface area contributed by atoms with Crippen LogP contribution in [0.3, 0.4) is 0 Å². The van der Waals surface area contributed by atoms with Gasteiger partial charge in [0.15, 0.2) is 5.78 Å². The third kappa shape index (κ3) is 1.91. The Morgan fingerprint density at radius 2 is 2.24 bits per heavy atom. The van der Waals surface area contributed by atoms with Crippen LogP contribution in [0.4, 0.5) is 5.69 Å². The zero-order valence-electron chi connectivity index (χ0n) is 9.37. The van der Waals surface area contributed by atoms with Crippen LogP contribution in [-0.2, 0) is 4.79 Å². The van der Waals surface area contributed by atoms with Gasteiger partial charge in [-0.25, -0.2) is 0 Å². The van der Waals surface area contributed by atoms with E-state index in [4.69, 9.17) is 11.6 Å². The summed E-state index contributed by atoms with van der Waals surface area (Å²) in [5.74, 6) is 0.305. The highest BCUT2D eigenvalue weighted by Crippen LogP contribution is 2.31. The predicted molar refractivity (Wildman–Crippen MR) is 69.8 cm³/mol. The summed E-state index contributed by atoms with van der Waals surface area (Å²) in [6.45, 7) is 1.42. The summed E-state index contributed by atoms with van der Waals surface area (Å²) in [5.41, 5.74) is 2.08. The number of aromatic nitrogens is 1. The van der Waals surface area contributed by atoms with Gasteiger partial charge in [0, 0.05) is 40.8 Å². The minimum atomic E-state index is 0.305. The highest BCUT2D eigenvalue weighted by molar-refractivity contribution is 6.31. The molecular formula is C13H13ClN2O. The molecule has 0 radical (unpaired) electrons. The van der Waals surface area contributed by atoms with E-state index in [-0.39, 0.29) is 0 Å². The van der Waals surface area contributed by atoms with Crippen LogP contribution in [0.25, 0.3) is 10.9 Å². The van der Waals surface area contributed by atoms with Gasteiger partial charge >= 0.3 is 0 Å². The third-order valence-corrected chi connectivity index (χ3v) is 3.42. The molecule has 1 N–H and O–H groups in total. The van der Waals surface area contributed by atoms with Gasteiger partial charge in [-0.3, -0.25) is 4.79 Å². The fraction of sp³-hybridized carbons (Fsp3) is 0.308. The Morgan fingerprint density at radius 1 is 1.35 bits per heavy atom. The molecule has 3 rings (SSSR count). The molecule has 3 nitrogen and oxygen atoms in total. The zero-order chi connectivity index (χ0) is 11.8. The van der Waals surface area contributed by atoms with E-state index < -0.39 is 0 Å². The highest BCUT2D eigenvalue weighted by Gasteiger charge is 2.19. The molecule has 2 aromatic rings. The number of halogens is 1. The third-order valence-electron chi connectivity index (χ3n) is 3.20. The molecule has 0 aliphatic carbocycles. The van der Waals surface area contributed by atoms with E-state index in [0.717, 1.165) is 29.6 Å². The fourth-order valence-electron chi connectivity index (χ4n) is 2.42. The quantitative estimate of drug-likeness (QED) is 0.842. The van der Waals surface area contributed by atoms with Crippen LogP contribution < -0.4 is 4.90 Å². The van der Waals surface area contributed by atoms with Crippen molar-refractivity contribution in [3.05, 3.63) is 29.4 Å². The maximum Gasteiger partial charge on any atom is 0.152 e. The molecule has 1 saturated heterocycles. The van der Waals surface area contributed by atoms with Gasteiger partial charge in [-0.1, -0.05) is 11.6 Å². The Morgan fingerprint density at radius 3 is 3.06 bits per heavy atom. The van der Waals surface area contributed by atoms with E-state index in [1.165, 1.54) is 0 Å². The Hall–Kier alpha value is -1.48. The van der Waals surface area contributed by atoms with Crippen molar-refractivity contribution in [2.75, 3.05) is 18.0 Å². The summed E-state index contributed by atoms with van der Waals surface area (Å²) in [5, 5.41) is 1.83. The molecule has 1 aromatic heterocycles. The Kier molecular flexibility index (Phi) is 2.56. The molecule has 2 heterocycles. The summed E-state index contributed by atoms with van der Waals surface area (Å²) in [7, 11) is 0. The number of fused-ring (bicyclic) bond motifs is 1. The number of hydrogen-bond acceptors (Lipinski definition) is 2. The Labute approximate surface area is 104 Å². The van der Waals surface area contributed by atoms with Crippen LogP contribution in [-0.4, -0.2) is 23.9 Å². The number of nitrogens with zero attached hydrogens (tertiary/aromatic N) is 1. The smallest absolute Gasteiger partial charge is 0.152 e. The largest absolute Gasteiger partial charge is 0.364 e. The standard InChI is InChI=1S/C13H13ClN2O/c14-9-6-12-11(3-4-15-12)13(7-9)16-5-1-2-10(17)8-16/h3-4,6-7,15H,1-2,5,8H2. The fourth-order valence-corrected chi connectivity index (χ4v) is 2.63. The second kappa shape index (κ2) is 4.08. The minimum absolute atomic E-state index is 0.305. The Balaban J connectivity index is 2.09. The number of rotatable bonds is 1. The maximum atomic E-state index is 11.5. The highest BCUT2D eigenvalue weighted by atomic mass is 35.5. The number of carbonyl (C=O) groups is 1. The van der Waals surface area contributed by atoms with Gasteiger partial charge in [0.25, 0.3) is 0 Å². The maximum absolute atomic E-state index is 11.5. The van der Waals surface area contributed by atoms with Crippen molar-refractivity contribution in [2.45, 2.75) is 12.8 Å². The van der Waals surface area contributed by atoms with Crippen molar-refractivity contribution in [1.82, 2.24) is 4.98 Å². The number of benzene rings is 1. The monoisotopic (exact) mass is 248 g/mol. The molecule has 17 heavy (non-hydrogen) atoms. The minimum Gasteiger partial charge on any atom is -0.364 e. The first-order valence-corrected chi connectivity index (χ1v) is 6.15. The number of nitrogens with one attached hydrogen (secondary N) is 1. The molecule has 0 spiro atoms. The van der Waals surface area contributed by atoms with Gasteiger partial charge in [-0.05, 0) is 24.6 Å². The van der Waals surface area contributed by atoms with Crippen molar-refractivity contribution >= 4 is 34.0 Å². The van der Waals surface area contributed by atoms with Gasteiger partial charge < -0.3 is 9.88 Å². The molecule has 4 heteroatoms. The van der Waals surface area contributed by atoms with Gasteiger partial charge in [0.1, 0.15) is 0 Å². The van der Waals surface area contributed by atoms with Crippen molar-refractivity contribution < 1.29 is 4.79 Å². The SMILES string of the molecule is O=C1CCCN(c2cc(Cl)cc3[nH]ccc23)C1. The Bertz CT molecular complexity index is 576. The first-order valence-electron chi connectivity index (χ1n) is 5.77. The normalized spacial score (nSPS) is 16.8. The van der Waals surface area contributed by atoms with Crippen LogP contribution in [0.15, 0.2) is 24.4 Å². The lowest BCUT2D eigenvalue weighted by molar-refractivity contribution is -0.118. The lowest BCUT2D eigenvalue weighted by Crippen LogP contribution is -2.35. The molecular weight excluding hydrogens is 236 g/mol. The van der Waals surface area contributed by atoms with Gasteiger partial charge in [-0.2, -0.15) is 0 Å². The topological polar surface area (TPSA) is 36.1 Å². The van der Waals surface area contributed by atoms with E-state index in [0.29, 0.717) is 23.8 Å². The van der Waals surface area contributed by atoms with Crippen molar-refractivity contribution in [1.29, 1.82) is 0 Å². The molecule has 1 fully saturated rings. The number of aromatic amines is 1. The van der Waals surface area contributed by atoms with Crippen molar-refractivity contribution in [3.8, 4) is 0 Å². The number of hydrogen-bond donors (Lipinski definition) is 1. The first-order chi connectivity index (χ1) is 8.24. The van der Waals surface area contributed by atoms with Gasteiger partial charge in [0.2, 0.25) is 0 Å². The number of H-pyrrole nitrogens is 1. The van der Waals surface area contributed by atoms with Crippen molar-refractivity contribution in [3.63, 3.8) is 0 Å². The van der Waals surface area contributed by atoms with Crippen LogP contribution in [0, 0.1) is 0 Å². The van der Waals surface area contributed by atoms with Gasteiger partial charge in [-0.15, -0.1) is 0 Å². The summed E-state index contributed by atoms with van der Waals surface area (Å²) < 4.78 is 0. The van der Waals surface area contributed by atoms with Crippen LogP contribution in [0.5, 0.6) is 0 Å². The van der Waals surface area contributed by atoms with Crippen molar-refractivity contribution in [2.24, 2.45) is 0 Å². The average Bonchev–Trinajstić information content (AvgIpc) is 2.75. The summed E-state index contributed by atoms with van der Waals surface area (Å²) in [6, 6.07) is 5.88. The molecule has 0 saturated carbocycles. The summed E-state index contributed by atoms with van der Waals surface area (Å²) >= 11 is 6.10. The number of anilines is 1. The van der Waals surface area contributed by atoms with E-state index in [1.54, 1.807) is 0 Å². The van der Waals surface area contributed by atoms with Crippen LogP contribution >= 0.6 is 11.6 Å². The van der Waals surface area contributed by atoms with E-state index in [2.05, 4.69) is 9.88 Å². The molecule has 0 bridgehead atoms. The van der Waals surface area contributed by atoms with E-state index >= 15 is 0 Å². The molecule has 1 aromatic carbocycles. The molecule has 0 amide bonds. The first kappa shape index (κ1) is 10.7. The molecule has 0 atom stereocenters. The lowest BCUT2D eigenvalue weighted by atomic mass is 10.1. The molecule has 0 unspecified atom stereocenters. The van der Waals surface area contributed by atoms with Crippen LogP contribution in [0.1, 0.15) is 12.8 Å². The number of Topliss-reactive ketones (excluding diaryl/α,β-unsaturated/α-hetero) is 1.